The van der Waals surface area contributed by atoms with E-state index >= 15 is 0 Å². The van der Waals surface area contributed by atoms with E-state index in [0.717, 1.165) is 17.4 Å². The molecular formula is C16H16FNO3. The van der Waals surface area contributed by atoms with Crippen LogP contribution in [0.4, 0.5) is 10.1 Å². The molecule has 0 aliphatic carbocycles. The highest BCUT2D eigenvalue weighted by atomic mass is 19.1. The summed E-state index contributed by atoms with van der Waals surface area (Å²) in [6.45, 7) is 2.77. The Morgan fingerprint density at radius 3 is 2.76 bits per heavy atom. The van der Waals surface area contributed by atoms with Crippen molar-refractivity contribution in [2.24, 2.45) is 0 Å². The van der Waals surface area contributed by atoms with Gasteiger partial charge in [0, 0.05) is 6.54 Å². The highest BCUT2D eigenvalue weighted by molar-refractivity contribution is 5.88. The maximum Gasteiger partial charge on any atom is 0.335 e. The van der Waals surface area contributed by atoms with Gasteiger partial charge in [0.1, 0.15) is 18.2 Å². The van der Waals surface area contributed by atoms with Crippen molar-refractivity contribution in [3.63, 3.8) is 0 Å². The summed E-state index contributed by atoms with van der Waals surface area (Å²) in [6.07, 6.45) is 0. The van der Waals surface area contributed by atoms with Crippen molar-refractivity contribution in [2.45, 2.75) is 6.92 Å². The van der Waals surface area contributed by atoms with Crippen LogP contribution in [0.15, 0.2) is 42.5 Å². The van der Waals surface area contributed by atoms with Gasteiger partial charge in [0.15, 0.2) is 0 Å². The summed E-state index contributed by atoms with van der Waals surface area (Å²) < 4.78 is 19.2. The van der Waals surface area contributed by atoms with Gasteiger partial charge in [0.2, 0.25) is 0 Å². The number of hydrogen-bond acceptors (Lipinski definition) is 3. The molecule has 2 rings (SSSR count). The zero-order valence-electron chi connectivity index (χ0n) is 11.6. The third kappa shape index (κ3) is 4.21. The first-order valence-electron chi connectivity index (χ1n) is 6.52. The minimum atomic E-state index is -1.15. The molecule has 0 saturated carbocycles. The number of anilines is 1. The molecule has 110 valence electrons. The molecule has 0 aliphatic heterocycles. The van der Waals surface area contributed by atoms with Gasteiger partial charge in [-0.1, -0.05) is 12.1 Å². The lowest BCUT2D eigenvalue weighted by molar-refractivity contribution is 0.0696. The molecule has 5 heteroatoms. The maximum atomic E-state index is 13.6. The number of carboxylic acid groups (broad SMARTS) is 1. The van der Waals surface area contributed by atoms with Gasteiger partial charge < -0.3 is 15.2 Å². The number of carbonyl (C=O) groups is 1. The molecule has 0 amide bonds. The van der Waals surface area contributed by atoms with Crippen molar-refractivity contribution in [2.75, 3.05) is 18.5 Å². The summed E-state index contributed by atoms with van der Waals surface area (Å²) in [6, 6.07) is 11.4. The molecule has 0 aromatic heterocycles. The topological polar surface area (TPSA) is 58.6 Å². The fraction of sp³-hybridized carbons (Fsp3) is 0.188. The molecule has 2 N–H and O–H groups in total. The Morgan fingerprint density at radius 2 is 2.10 bits per heavy atom. The van der Waals surface area contributed by atoms with Gasteiger partial charge in [-0.15, -0.1) is 0 Å². The molecule has 2 aromatic rings. The van der Waals surface area contributed by atoms with Gasteiger partial charge in [0.25, 0.3) is 0 Å². The highest BCUT2D eigenvalue weighted by Gasteiger charge is 2.07. The zero-order chi connectivity index (χ0) is 15.2. The van der Waals surface area contributed by atoms with Crippen LogP contribution in [0.25, 0.3) is 0 Å². The largest absolute Gasteiger partial charge is 0.492 e. The Kier molecular flexibility index (Phi) is 4.77. The smallest absolute Gasteiger partial charge is 0.335 e. The van der Waals surface area contributed by atoms with Crippen LogP contribution < -0.4 is 10.1 Å². The van der Waals surface area contributed by atoms with Gasteiger partial charge in [-0.25, -0.2) is 9.18 Å². The number of rotatable bonds is 6. The predicted molar refractivity (Wildman–Crippen MR) is 78.5 cm³/mol. The van der Waals surface area contributed by atoms with Crippen molar-refractivity contribution in [1.29, 1.82) is 0 Å². The number of aromatic carboxylic acids is 1. The van der Waals surface area contributed by atoms with Crippen LogP contribution in [0.2, 0.25) is 0 Å². The molecule has 0 heterocycles. The summed E-state index contributed by atoms with van der Waals surface area (Å²) >= 11 is 0. The van der Waals surface area contributed by atoms with E-state index in [1.54, 1.807) is 0 Å². The van der Waals surface area contributed by atoms with E-state index in [9.17, 15) is 9.18 Å². The number of ether oxygens (including phenoxy) is 1. The van der Waals surface area contributed by atoms with Crippen LogP contribution in [0.5, 0.6) is 5.75 Å². The average Bonchev–Trinajstić information content (AvgIpc) is 2.45. The predicted octanol–water partition coefficient (Wildman–Crippen LogP) is 3.32. The standard InChI is InChI=1S/C16H16FNO3/c1-11-3-2-4-13(9-11)21-8-7-18-15-6-5-12(16(19)20)10-14(15)17/h2-6,9-10,18H,7-8H2,1H3,(H,19,20). The third-order valence-corrected chi connectivity index (χ3v) is 2.89. The van der Waals surface area contributed by atoms with Gasteiger partial charge in [-0.2, -0.15) is 0 Å². The van der Waals surface area contributed by atoms with Crippen molar-refractivity contribution < 1.29 is 19.0 Å². The van der Waals surface area contributed by atoms with E-state index < -0.39 is 11.8 Å². The Balaban J connectivity index is 1.85. The Morgan fingerprint density at radius 1 is 1.29 bits per heavy atom. The van der Waals surface area contributed by atoms with E-state index in [0.29, 0.717) is 13.2 Å². The van der Waals surface area contributed by atoms with Crippen molar-refractivity contribution in [1.82, 2.24) is 0 Å². The number of hydrogen-bond donors (Lipinski definition) is 2. The van der Waals surface area contributed by atoms with E-state index in [1.807, 2.05) is 31.2 Å². The molecule has 0 radical (unpaired) electrons. The fourth-order valence-corrected chi connectivity index (χ4v) is 1.85. The molecule has 0 unspecified atom stereocenters. The molecule has 0 fully saturated rings. The minimum Gasteiger partial charge on any atom is -0.492 e. The van der Waals surface area contributed by atoms with Gasteiger partial charge in [0.05, 0.1) is 11.3 Å². The van der Waals surface area contributed by atoms with Gasteiger partial charge in [-0.3, -0.25) is 0 Å². The van der Waals surface area contributed by atoms with Crippen LogP contribution in [-0.2, 0) is 0 Å². The molecular weight excluding hydrogens is 273 g/mol. The van der Waals surface area contributed by atoms with E-state index in [2.05, 4.69) is 5.32 Å². The second-order valence-electron chi connectivity index (χ2n) is 4.59. The Labute approximate surface area is 122 Å². The van der Waals surface area contributed by atoms with Crippen LogP contribution in [0, 0.1) is 12.7 Å². The molecule has 0 saturated heterocycles. The number of nitrogens with one attached hydrogen (secondary N) is 1. The molecule has 2 aromatic carbocycles. The minimum absolute atomic E-state index is 0.0749. The molecule has 0 bridgehead atoms. The molecule has 0 atom stereocenters. The monoisotopic (exact) mass is 289 g/mol. The summed E-state index contributed by atoms with van der Waals surface area (Å²) in [5.41, 5.74) is 1.29. The quantitative estimate of drug-likeness (QED) is 0.801. The summed E-state index contributed by atoms with van der Waals surface area (Å²) in [5, 5.41) is 11.6. The molecule has 0 aliphatic rings. The fourth-order valence-electron chi connectivity index (χ4n) is 1.85. The van der Waals surface area contributed by atoms with Crippen molar-refractivity contribution in [3.05, 3.63) is 59.4 Å². The van der Waals surface area contributed by atoms with Gasteiger partial charge >= 0.3 is 5.97 Å². The first kappa shape index (κ1) is 14.8. The van der Waals surface area contributed by atoms with Crippen molar-refractivity contribution in [3.8, 4) is 5.75 Å². The summed E-state index contributed by atoms with van der Waals surface area (Å²) in [4.78, 5) is 10.7. The first-order chi connectivity index (χ1) is 10.1. The molecule has 0 spiro atoms. The maximum absolute atomic E-state index is 13.6. The lowest BCUT2D eigenvalue weighted by Crippen LogP contribution is -2.12. The van der Waals surface area contributed by atoms with E-state index in [1.165, 1.54) is 12.1 Å². The lowest BCUT2D eigenvalue weighted by Gasteiger charge is -2.10. The molecule has 21 heavy (non-hydrogen) atoms. The molecule has 4 nitrogen and oxygen atoms in total. The van der Waals surface area contributed by atoms with E-state index in [-0.39, 0.29) is 11.3 Å². The average molecular weight is 289 g/mol. The van der Waals surface area contributed by atoms with Crippen LogP contribution in [0.3, 0.4) is 0 Å². The third-order valence-electron chi connectivity index (χ3n) is 2.89. The van der Waals surface area contributed by atoms with Crippen molar-refractivity contribution >= 4 is 11.7 Å². The second kappa shape index (κ2) is 6.74. The zero-order valence-corrected chi connectivity index (χ0v) is 11.6. The van der Waals surface area contributed by atoms with Gasteiger partial charge in [-0.05, 0) is 42.8 Å². The Hall–Kier alpha value is -2.56. The number of halogens is 1. The number of benzene rings is 2. The number of aryl methyl sites for hydroxylation is 1. The van der Waals surface area contributed by atoms with Crippen LogP contribution in [0.1, 0.15) is 15.9 Å². The highest BCUT2D eigenvalue weighted by Crippen LogP contribution is 2.16. The summed E-state index contributed by atoms with van der Waals surface area (Å²) in [7, 11) is 0. The second-order valence-corrected chi connectivity index (χ2v) is 4.59. The van der Waals surface area contributed by atoms with E-state index in [4.69, 9.17) is 9.84 Å². The summed E-state index contributed by atoms with van der Waals surface area (Å²) in [5.74, 6) is -0.979. The van der Waals surface area contributed by atoms with Crippen LogP contribution in [-0.4, -0.2) is 24.2 Å². The van der Waals surface area contributed by atoms with Crippen LogP contribution >= 0.6 is 0 Å². The lowest BCUT2D eigenvalue weighted by atomic mass is 10.2. The SMILES string of the molecule is Cc1cccc(OCCNc2ccc(C(=O)O)cc2F)c1. The normalized spacial score (nSPS) is 10.2. The Bertz CT molecular complexity index is 643. The number of carboxylic acids is 1. The first-order valence-corrected chi connectivity index (χ1v) is 6.52.